The van der Waals surface area contributed by atoms with Gasteiger partial charge in [-0.25, -0.2) is 4.39 Å². The van der Waals surface area contributed by atoms with E-state index in [9.17, 15) is 4.39 Å². The summed E-state index contributed by atoms with van der Waals surface area (Å²) in [4.78, 5) is 13.0. The number of hydrogen-bond acceptors (Lipinski definition) is 6. The van der Waals surface area contributed by atoms with Crippen molar-refractivity contribution in [1.29, 1.82) is 0 Å². The van der Waals surface area contributed by atoms with Crippen molar-refractivity contribution in [2.75, 3.05) is 17.7 Å². The predicted molar refractivity (Wildman–Crippen MR) is 90.4 cm³/mol. The second-order valence-electron chi connectivity index (χ2n) is 4.93. The average molecular weight is 415 g/mol. The summed E-state index contributed by atoms with van der Waals surface area (Å²) in [7, 11) is 1.43. The molecule has 8 heteroatoms. The van der Waals surface area contributed by atoms with E-state index in [-0.39, 0.29) is 5.75 Å². The van der Waals surface area contributed by atoms with E-state index < -0.39 is 5.82 Å². The van der Waals surface area contributed by atoms with Crippen LogP contribution in [-0.2, 0) is 4.43 Å². The SMILES string of the molecule is COc1ccc(Nc2nc(CI)nc(NC3CC3)n2)cc1F. The molecular formula is C14H15FIN5O. The number of methoxy groups -OCH3 is 1. The molecule has 1 aromatic carbocycles. The van der Waals surface area contributed by atoms with E-state index in [1.54, 1.807) is 12.1 Å². The summed E-state index contributed by atoms with van der Waals surface area (Å²) in [5.74, 6) is 1.39. The summed E-state index contributed by atoms with van der Waals surface area (Å²) in [5, 5.41) is 6.25. The lowest BCUT2D eigenvalue weighted by Gasteiger charge is -2.10. The van der Waals surface area contributed by atoms with E-state index in [0.29, 0.717) is 33.9 Å². The van der Waals surface area contributed by atoms with Crippen LogP contribution in [0.2, 0.25) is 0 Å². The van der Waals surface area contributed by atoms with Crippen LogP contribution in [0.4, 0.5) is 22.0 Å². The van der Waals surface area contributed by atoms with Gasteiger partial charge in [-0.1, -0.05) is 22.6 Å². The molecule has 1 saturated carbocycles. The van der Waals surface area contributed by atoms with Gasteiger partial charge in [0.05, 0.1) is 11.5 Å². The van der Waals surface area contributed by atoms with Crippen molar-refractivity contribution < 1.29 is 9.13 Å². The Morgan fingerprint density at radius 2 is 2.05 bits per heavy atom. The summed E-state index contributed by atoms with van der Waals surface area (Å²) in [6, 6.07) is 5.07. The highest BCUT2D eigenvalue weighted by Crippen LogP contribution is 2.25. The molecule has 0 radical (unpaired) electrons. The van der Waals surface area contributed by atoms with Crippen LogP contribution in [-0.4, -0.2) is 28.1 Å². The molecule has 1 aliphatic carbocycles. The van der Waals surface area contributed by atoms with Crippen molar-refractivity contribution in [3.05, 3.63) is 29.8 Å². The zero-order chi connectivity index (χ0) is 15.5. The van der Waals surface area contributed by atoms with Gasteiger partial charge >= 0.3 is 0 Å². The van der Waals surface area contributed by atoms with Gasteiger partial charge in [0.1, 0.15) is 5.82 Å². The largest absolute Gasteiger partial charge is 0.494 e. The Balaban J connectivity index is 1.82. The fraction of sp³-hybridized carbons (Fsp3) is 0.357. The Morgan fingerprint density at radius 1 is 1.27 bits per heavy atom. The number of rotatable bonds is 6. The molecule has 2 N–H and O–H groups in total. The van der Waals surface area contributed by atoms with Gasteiger partial charge in [0.25, 0.3) is 0 Å². The third-order valence-corrected chi connectivity index (χ3v) is 3.80. The maximum atomic E-state index is 13.7. The van der Waals surface area contributed by atoms with E-state index in [4.69, 9.17) is 4.74 Å². The van der Waals surface area contributed by atoms with Crippen molar-refractivity contribution in [2.24, 2.45) is 0 Å². The third kappa shape index (κ3) is 3.73. The monoisotopic (exact) mass is 415 g/mol. The lowest BCUT2D eigenvalue weighted by molar-refractivity contribution is 0.386. The fourth-order valence-corrected chi connectivity index (χ4v) is 2.22. The molecule has 6 nitrogen and oxygen atoms in total. The average Bonchev–Trinajstić information content (AvgIpc) is 3.31. The highest BCUT2D eigenvalue weighted by Gasteiger charge is 2.22. The molecule has 0 spiro atoms. The number of anilines is 3. The van der Waals surface area contributed by atoms with Gasteiger partial charge < -0.3 is 15.4 Å². The highest BCUT2D eigenvalue weighted by molar-refractivity contribution is 14.1. The normalized spacial score (nSPS) is 13.8. The minimum atomic E-state index is -0.438. The molecule has 0 amide bonds. The van der Waals surface area contributed by atoms with E-state index in [0.717, 1.165) is 12.8 Å². The number of alkyl halides is 1. The Kier molecular flexibility index (Phi) is 4.55. The lowest BCUT2D eigenvalue weighted by Crippen LogP contribution is -2.10. The maximum absolute atomic E-state index is 13.7. The summed E-state index contributed by atoms with van der Waals surface area (Å²) in [6.45, 7) is 0. The summed E-state index contributed by atoms with van der Waals surface area (Å²) >= 11 is 2.20. The van der Waals surface area contributed by atoms with Crippen LogP contribution in [0.5, 0.6) is 5.75 Å². The first-order valence-corrected chi connectivity index (χ1v) is 8.38. The van der Waals surface area contributed by atoms with Crippen LogP contribution in [0.3, 0.4) is 0 Å². The van der Waals surface area contributed by atoms with Gasteiger partial charge in [0, 0.05) is 17.8 Å². The fourth-order valence-electron chi connectivity index (χ4n) is 1.88. The molecule has 0 saturated heterocycles. The molecule has 0 unspecified atom stereocenters. The number of benzene rings is 1. The highest BCUT2D eigenvalue weighted by atomic mass is 127. The van der Waals surface area contributed by atoms with Crippen molar-refractivity contribution in [2.45, 2.75) is 23.3 Å². The Morgan fingerprint density at radius 3 is 2.68 bits per heavy atom. The van der Waals surface area contributed by atoms with Crippen molar-refractivity contribution in [3.8, 4) is 5.75 Å². The molecule has 0 aliphatic heterocycles. The standard InChI is InChI=1S/C14H15FIN5O/c1-22-11-5-4-9(6-10(11)15)18-14-20-12(7-16)19-13(21-14)17-8-2-3-8/h4-6,8H,2-3,7H2,1H3,(H2,17,18,19,20,21). The molecular weight excluding hydrogens is 400 g/mol. The van der Waals surface area contributed by atoms with Gasteiger partial charge in [-0.3, -0.25) is 0 Å². The molecule has 1 fully saturated rings. The molecule has 2 aromatic rings. The Labute approximate surface area is 141 Å². The van der Waals surface area contributed by atoms with Crippen LogP contribution >= 0.6 is 22.6 Å². The summed E-state index contributed by atoms with van der Waals surface area (Å²) in [6.07, 6.45) is 2.27. The number of aromatic nitrogens is 3. The smallest absolute Gasteiger partial charge is 0.232 e. The van der Waals surface area contributed by atoms with Gasteiger partial charge in [-0.05, 0) is 25.0 Å². The van der Waals surface area contributed by atoms with Crippen LogP contribution < -0.4 is 15.4 Å². The predicted octanol–water partition coefficient (Wildman–Crippen LogP) is 3.27. The van der Waals surface area contributed by atoms with E-state index in [1.807, 2.05) is 0 Å². The van der Waals surface area contributed by atoms with E-state index >= 15 is 0 Å². The third-order valence-electron chi connectivity index (χ3n) is 3.12. The van der Waals surface area contributed by atoms with E-state index in [2.05, 4.69) is 48.2 Å². The minimum absolute atomic E-state index is 0.199. The number of halogens is 2. The quantitative estimate of drug-likeness (QED) is 0.558. The lowest BCUT2D eigenvalue weighted by atomic mass is 10.3. The first kappa shape index (κ1) is 15.2. The van der Waals surface area contributed by atoms with Crippen LogP contribution in [0.15, 0.2) is 18.2 Å². The van der Waals surface area contributed by atoms with Crippen LogP contribution in [0, 0.1) is 5.82 Å². The number of hydrogen-bond donors (Lipinski definition) is 2. The van der Waals surface area contributed by atoms with Crippen LogP contribution in [0.1, 0.15) is 18.7 Å². The van der Waals surface area contributed by atoms with Gasteiger partial charge in [-0.15, -0.1) is 0 Å². The second-order valence-corrected chi connectivity index (χ2v) is 5.69. The molecule has 22 heavy (non-hydrogen) atoms. The van der Waals surface area contributed by atoms with Gasteiger partial charge in [0.15, 0.2) is 11.6 Å². The molecule has 1 aromatic heterocycles. The zero-order valence-corrected chi connectivity index (χ0v) is 14.1. The maximum Gasteiger partial charge on any atom is 0.232 e. The molecule has 1 aliphatic rings. The first-order valence-electron chi connectivity index (χ1n) is 6.86. The van der Waals surface area contributed by atoms with Crippen molar-refractivity contribution in [1.82, 2.24) is 15.0 Å². The number of ether oxygens (including phenoxy) is 1. The first-order chi connectivity index (χ1) is 10.7. The van der Waals surface area contributed by atoms with Crippen molar-refractivity contribution >= 4 is 40.2 Å². The van der Waals surface area contributed by atoms with Gasteiger partial charge in [-0.2, -0.15) is 15.0 Å². The summed E-state index contributed by atoms with van der Waals surface area (Å²) < 4.78 is 19.3. The molecule has 0 bridgehead atoms. The molecule has 0 atom stereocenters. The van der Waals surface area contributed by atoms with Crippen molar-refractivity contribution in [3.63, 3.8) is 0 Å². The molecule has 1 heterocycles. The molecule has 3 rings (SSSR count). The number of nitrogens with one attached hydrogen (secondary N) is 2. The number of nitrogens with zero attached hydrogens (tertiary/aromatic N) is 3. The molecule has 116 valence electrons. The van der Waals surface area contributed by atoms with E-state index in [1.165, 1.54) is 13.2 Å². The minimum Gasteiger partial charge on any atom is -0.494 e. The van der Waals surface area contributed by atoms with Crippen LogP contribution in [0.25, 0.3) is 0 Å². The Bertz CT molecular complexity index is 680. The Hall–Kier alpha value is -1.71. The summed E-state index contributed by atoms with van der Waals surface area (Å²) in [5.41, 5.74) is 0.557. The topological polar surface area (TPSA) is 72.0 Å². The van der Waals surface area contributed by atoms with Gasteiger partial charge in [0.2, 0.25) is 11.9 Å². The zero-order valence-electron chi connectivity index (χ0n) is 11.9. The second kappa shape index (κ2) is 6.59.